The topological polar surface area (TPSA) is 103 Å². The van der Waals surface area contributed by atoms with Gasteiger partial charge in [0.2, 0.25) is 0 Å². The molecule has 0 radical (unpaired) electrons. The van der Waals surface area contributed by atoms with E-state index in [0.29, 0.717) is 55.5 Å². The Morgan fingerprint density at radius 2 is 2.13 bits per heavy atom. The molecule has 2 heterocycles. The van der Waals surface area contributed by atoms with Crippen molar-refractivity contribution in [3.8, 4) is 5.82 Å². The van der Waals surface area contributed by atoms with Crippen LogP contribution in [-0.2, 0) is 16.0 Å². The molecule has 2 aromatic rings. The van der Waals surface area contributed by atoms with Crippen LogP contribution in [-0.4, -0.2) is 69.1 Å². The molecule has 1 amide bonds. The first kappa shape index (κ1) is 19.7. The fraction of sp³-hybridized carbons (Fsp3) is 0.667. The zero-order valence-corrected chi connectivity index (χ0v) is 17.2. The maximum Gasteiger partial charge on any atom is 0.256 e. The largest absolute Gasteiger partial charge is 0.390 e. The summed E-state index contributed by atoms with van der Waals surface area (Å²) in [6.07, 6.45) is 8.72. The van der Waals surface area contributed by atoms with E-state index in [-0.39, 0.29) is 11.9 Å². The lowest BCUT2D eigenvalue weighted by Crippen LogP contribution is -2.48. The summed E-state index contributed by atoms with van der Waals surface area (Å²) in [5, 5.41) is 22.7. The molecule has 9 heteroatoms. The third kappa shape index (κ3) is 3.44. The molecule has 30 heavy (non-hydrogen) atoms. The molecule has 0 aliphatic heterocycles. The van der Waals surface area contributed by atoms with Crippen LogP contribution in [0.5, 0.6) is 0 Å². The fourth-order valence-corrected chi connectivity index (χ4v) is 5.94. The Morgan fingerprint density at radius 3 is 2.90 bits per heavy atom. The monoisotopic (exact) mass is 415 g/mol. The van der Waals surface area contributed by atoms with Crippen LogP contribution >= 0.6 is 0 Å². The Morgan fingerprint density at radius 1 is 1.27 bits per heavy atom. The minimum Gasteiger partial charge on any atom is -0.390 e. The van der Waals surface area contributed by atoms with Crippen LogP contribution in [0.1, 0.15) is 36.0 Å². The third-order valence-corrected chi connectivity index (χ3v) is 7.03. The highest BCUT2D eigenvalue weighted by Gasteiger charge is 2.60. The van der Waals surface area contributed by atoms with Crippen molar-refractivity contribution in [1.82, 2.24) is 24.9 Å². The number of rotatable bonds is 9. The van der Waals surface area contributed by atoms with Crippen molar-refractivity contribution in [3.05, 3.63) is 30.2 Å². The molecule has 3 unspecified atom stereocenters. The van der Waals surface area contributed by atoms with Gasteiger partial charge in [-0.05, 0) is 49.5 Å². The molecule has 4 bridgehead atoms. The van der Waals surface area contributed by atoms with E-state index < -0.39 is 5.60 Å². The number of amides is 1. The molecular weight excluding hydrogens is 386 g/mol. The van der Waals surface area contributed by atoms with Gasteiger partial charge in [-0.25, -0.2) is 9.36 Å². The minimum absolute atomic E-state index is 0.125. The van der Waals surface area contributed by atoms with Crippen molar-refractivity contribution in [3.63, 3.8) is 0 Å². The van der Waals surface area contributed by atoms with Gasteiger partial charge in [0.1, 0.15) is 5.56 Å². The van der Waals surface area contributed by atoms with Crippen LogP contribution in [0.2, 0.25) is 0 Å². The number of hydrogen-bond acceptors (Lipinski definition) is 6. The Kier molecular flexibility index (Phi) is 5.12. The number of ether oxygens (including phenoxy) is 2. The molecule has 4 aliphatic rings. The first-order valence-electron chi connectivity index (χ1n) is 10.7. The van der Waals surface area contributed by atoms with Gasteiger partial charge < -0.3 is 19.9 Å². The summed E-state index contributed by atoms with van der Waals surface area (Å²) in [5.41, 5.74) is 0.0135. The summed E-state index contributed by atoms with van der Waals surface area (Å²) >= 11 is 0. The molecule has 0 spiro atoms. The molecule has 5 atom stereocenters. The number of aliphatic hydroxyl groups is 1. The van der Waals surface area contributed by atoms with Crippen LogP contribution in [0.4, 0.5) is 0 Å². The predicted molar refractivity (Wildman–Crippen MR) is 107 cm³/mol. The van der Waals surface area contributed by atoms with E-state index in [2.05, 4.69) is 15.5 Å². The number of nitrogens with one attached hydrogen (secondary N) is 1. The van der Waals surface area contributed by atoms with Crippen LogP contribution in [0.15, 0.2) is 24.7 Å². The van der Waals surface area contributed by atoms with Crippen molar-refractivity contribution in [2.45, 2.75) is 43.9 Å². The van der Waals surface area contributed by atoms with Gasteiger partial charge in [-0.15, -0.1) is 0 Å². The van der Waals surface area contributed by atoms with Crippen LogP contribution < -0.4 is 5.32 Å². The molecule has 0 saturated heterocycles. The molecule has 9 nitrogen and oxygen atoms in total. The summed E-state index contributed by atoms with van der Waals surface area (Å²) in [7, 11) is 1.64. The van der Waals surface area contributed by atoms with Crippen LogP contribution in [0, 0.1) is 17.8 Å². The zero-order chi connectivity index (χ0) is 20.7. The van der Waals surface area contributed by atoms with Crippen molar-refractivity contribution < 1.29 is 19.4 Å². The summed E-state index contributed by atoms with van der Waals surface area (Å²) in [4.78, 5) is 13.3. The second kappa shape index (κ2) is 7.79. The first-order chi connectivity index (χ1) is 14.6. The Labute approximate surface area is 175 Å². The molecule has 0 aromatic carbocycles. The molecule has 162 valence electrons. The lowest BCUT2D eigenvalue weighted by Gasteiger charge is -2.38. The van der Waals surface area contributed by atoms with Crippen molar-refractivity contribution >= 4 is 5.91 Å². The Bertz CT molecular complexity index is 893. The Hall–Kier alpha value is -2.23. The van der Waals surface area contributed by atoms with Gasteiger partial charge in [-0.1, -0.05) is 0 Å². The van der Waals surface area contributed by atoms with E-state index in [9.17, 15) is 9.90 Å². The van der Waals surface area contributed by atoms with Crippen molar-refractivity contribution in [2.75, 3.05) is 26.9 Å². The van der Waals surface area contributed by atoms with Crippen LogP contribution in [0.25, 0.3) is 5.82 Å². The molecule has 4 fully saturated rings. The summed E-state index contributed by atoms with van der Waals surface area (Å²) in [6, 6.07) is 1.96. The highest BCUT2D eigenvalue weighted by molar-refractivity contribution is 5.97. The number of aromatic nitrogens is 4. The molecule has 2 aromatic heterocycles. The van der Waals surface area contributed by atoms with Gasteiger partial charge in [0, 0.05) is 25.5 Å². The smallest absolute Gasteiger partial charge is 0.256 e. The predicted octanol–water partition coefficient (Wildman–Crippen LogP) is 1.01. The number of methoxy groups -OCH3 is 1. The van der Waals surface area contributed by atoms with Gasteiger partial charge >= 0.3 is 0 Å². The lowest BCUT2D eigenvalue weighted by atomic mass is 9.76. The third-order valence-electron chi connectivity index (χ3n) is 7.03. The number of carbonyl (C=O) groups excluding carboxylic acids is 1. The molecule has 6 rings (SSSR count). The Balaban J connectivity index is 1.32. The summed E-state index contributed by atoms with van der Waals surface area (Å²) in [5.74, 6) is 1.81. The van der Waals surface area contributed by atoms with E-state index in [1.54, 1.807) is 28.9 Å². The zero-order valence-electron chi connectivity index (χ0n) is 17.2. The SMILES string of the molecule is COCCOCCn1ncc(C(=O)N[C@H]2C3CC4C[C@@](O)(C3)CC42)c1-n1cccn1. The number of carbonyl (C=O) groups is 1. The highest BCUT2D eigenvalue weighted by Crippen LogP contribution is 2.59. The van der Waals surface area contributed by atoms with E-state index >= 15 is 0 Å². The lowest BCUT2D eigenvalue weighted by molar-refractivity contribution is -0.0192. The van der Waals surface area contributed by atoms with E-state index in [4.69, 9.17) is 9.47 Å². The van der Waals surface area contributed by atoms with Crippen molar-refractivity contribution in [2.24, 2.45) is 17.8 Å². The van der Waals surface area contributed by atoms with Crippen LogP contribution in [0.3, 0.4) is 0 Å². The normalized spacial score (nSPS) is 31.5. The van der Waals surface area contributed by atoms with Gasteiger partial charge in [0.15, 0.2) is 5.82 Å². The average molecular weight is 415 g/mol. The van der Waals surface area contributed by atoms with Gasteiger partial charge in [0.05, 0.1) is 38.2 Å². The van der Waals surface area contributed by atoms with Gasteiger partial charge in [0.25, 0.3) is 5.91 Å². The number of nitrogens with zero attached hydrogens (tertiary/aromatic N) is 4. The quantitative estimate of drug-likeness (QED) is 0.593. The fourth-order valence-electron chi connectivity index (χ4n) is 5.94. The second-order valence-electron chi connectivity index (χ2n) is 8.92. The summed E-state index contributed by atoms with van der Waals surface area (Å²) in [6.45, 7) is 2.03. The molecule has 4 aliphatic carbocycles. The van der Waals surface area contributed by atoms with Crippen molar-refractivity contribution in [1.29, 1.82) is 0 Å². The minimum atomic E-state index is -0.493. The van der Waals surface area contributed by atoms with E-state index in [1.165, 1.54) is 0 Å². The summed E-state index contributed by atoms with van der Waals surface area (Å²) < 4.78 is 14.0. The average Bonchev–Trinajstić information content (AvgIpc) is 3.46. The van der Waals surface area contributed by atoms with Gasteiger partial charge in [-0.2, -0.15) is 10.2 Å². The number of hydrogen-bond donors (Lipinski definition) is 2. The molecule has 2 N–H and O–H groups in total. The standard InChI is InChI=1S/C21H29N5O4/c1-29-7-8-30-6-5-26-20(25-4-2-3-22-25)17(13-23-26)19(27)24-18-15-9-14-10-21(28,11-15)12-16(14)18/h2-4,13-16,18,28H,5-12H2,1H3,(H,24,27)/t14?,15?,16?,18-,21+/m0/s1. The first-order valence-corrected chi connectivity index (χ1v) is 10.7. The maximum atomic E-state index is 13.3. The van der Waals surface area contributed by atoms with E-state index in [1.807, 2.05) is 12.3 Å². The highest BCUT2D eigenvalue weighted by atomic mass is 16.5. The maximum absolute atomic E-state index is 13.3. The molecular formula is C21H29N5O4. The van der Waals surface area contributed by atoms with E-state index in [0.717, 1.165) is 25.7 Å². The second-order valence-corrected chi connectivity index (χ2v) is 8.92. The molecule has 4 saturated carbocycles. The van der Waals surface area contributed by atoms with Gasteiger partial charge in [-0.3, -0.25) is 4.79 Å².